The number of aromatic nitrogens is 1. The van der Waals surface area contributed by atoms with Crippen molar-refractivity contribution in [2.24, 2.45) is 0 Å². The van der Waals surface area contributed by atoms with Crippen molar-refractivity contribution in [1.29, 1.82) is 0 Å². The number of aliphatic carboxylic acids is 1. The highest BCUT2D eigenvalue weighted by Crippen LogP contribution is 2.32. The number of hydrogen-bond donors (Lipinski definition) is 2. The maximum Gasteiger partial charge on any atom is 0.334 e. The Kier molecular flexibility index (Phi) is 6.56. The number of carbonyl (C=O) groups is 2. The van der Waals surface area contributed by atoms with Crippen LogP contribution in [0.15, 0.2) is 23.6 Å². The maximum atomic E-state index is 11.9. The van der Waals surface area contributed by atoms with Crippen LogP contribution in [0, 0.1) is 0 Å². The van der Waals surface area contributed by atoms with Crippen LogP contribution in [0.2, 0.25) is 10.0 Å². The number of carboxylic acids is 1. The van der Waals surface area contributed by atoms with Gasteiger partial charge in [-0.3, -0.25) is 4.79 Å². The molecule has 1 aromatic heterocycles. The molecule has 0 saturated heterocycles. The van der Waals surface area contributed by atoms with E-state index in [2.05, 4.69) is 10.3 Å². The Morgan fingerprint density at radius 2 is 2.17 bits per heavy atom. The number of nitrogens with zero attached hydrogens (tertiary/aromatic N) is 1. The molecule has 0 radical (unpaired) electrons. The molecule has 6 nitrogen and oxygen atoms in total. The quantitative estimate of drug-likeness (QED) is 0.760. The lowest BCUT2D eigenvalue weighted by Gasteiger charge is -2.10. The van der Waals surface area contributed by atoms with Crippen molar-refractivity contribution in [2.45, 2.75) is 12.5 Å². The van der Waals surface area contributed by atoms with Crippen LogP contribution in [0.1, 0.15) is 5.69 Å². The highest BCUT2D eigenvalue weighted by Gasteiger charge is 2.18. The standard InChI is InChI=1S/C15H14Cl2N2O4S/c1-23-12(15(21)22)6-18-13(20)5-9-7-24-14(19-9)10-3-2-8(16)4-11(10)17/h2-4,7,12H,5-6H2,1H3,(H,18,20)(H,21,22). The van der Waals surface area contributed by atoms with Gasteiger partial charge in [-0.25, -0.2) is 9.78 Å². The Morgan fingerprint density at radius 3 is 2.79 bits per heavy atom. The Bertz CT molecular complexity index is 751. The summed E-state index contributed by atoms with van der Waals surface area (Å²) in [5.41, 5.74) is 1.31. The molecule has 0 aliphatic heterocycles. The van der Waals surface area contributed by atoms with Crippen molar-refractivity contribution in [3.8, 4) is 10.6 Å². The minimum atomic E-state index is -1.13. The van der Waals surface area contributed by atoms with Gasteiger partial charge in [-0.1, -0.05) is 23.2 Å². The van der Waals surface area contributed by atoms with E-state index in [1.807, 2.05) is 0 Å². The first-order chi connectivity index (χ1) is 11.4. The summed E-state index contributed by atoms with van der Waals surface area (Å²) in [5.74, 6) is -1.47. The third-order valence-corrected chi connectivity index (χ3v) is 4.57. The normalized spacial score (nSPS) is 12.0. The summed E-state index contributed by atoms with van der Waals surface area (Å²) in [6, 6.07) is 5.11. The van der Waals surface area contributed by atoms with E-state index in [4.69, 9.17) is 33.0 Å². The molecule has 0 saturated carbocycles. The molecular formula is C15H14Cl2N2O4S. The molecule has 0 aliphatic carbocycles. The lowest BCUT2D eigenvalue weighted by atomic mass is 10.2. The van der Waals surface area contributed by atoms with Gasteiger partial charge in [0.2, 0.25) is 5.91 Å². The van der Waals surface area contributed by atoms with E-state index in [0.29, 0.717) is 20.7 Å². The van der Waals surface area contributed by atoms with Crippen molar-refractivity contribution < 1.29 is 19.4 Å². The first kappa shape index (κ1) is 18.7. The SMILES string of the molecule is COC(CNC(=O)Cc1csc(-c2ccc(Cl)cc2Cl)n1)C(=O)O. The molecule has 2 rings (SSSR count). The van der Waals surface area contributed by atoms with Crippen molar-refractivity contribution in [3.05, 3.63) is 39.3 Å². The van der Waals surface area contributed by atoms with Crippen LogP contribution in [0.5, 0.6) is 0 Å². The molecule has 128 valence electrons. The molecule has 0 bridgehead atoms. The lowest BCUT2D eigenvalue weighted by molar-refractivity contribution is -0.148. The number of ether oxygens (including phenoxy) is 1. The fourth-order valence-corrected chi connectivity index (χ4v) is 3.29. The van der Waals surface area contributed by atoms with Gasteiger partial charge in [0.05, 0.1) is 23.7 Å². The second-order valence-corrected chi connectivity index (χ2v) is 6.51. The Labute approximate surface area is 152 Å². The van der Waals surface area contributed by atoms with Gasteiger partial charge < -0.3 is 15.2 Å². The molecule has 0 fully saturated rings. The molecule has 0 spiro atoms. The number of amides is 1. The fraction of sp³-hybridized carbons (Fsp3) is 0.267. The zero-order chi connectivity index (χ0) is 17.7. The molecule has 2 aromatic rings. The average Bonchev–Trinajstić information content (AvgIpc) is 2.95. The minimum absolute atomic E-state index is 0.0394. The summed E-state index contributed by atoms with van der Waals surface area (Å²) >= 11 is 13.4. The van der Waals surface area contributed by atoms with Crippen LogP contribution >= 0.6 is 34.5 Å². The summed E-state index contributed by atoms with van der Waals surface area (Å²) in [4.78, 5) is 27.1. The predicted molar refractivity (Wildman–Crippen MR) is 92.7 cm³/mol. The van der Waals surface area contributed by atoms with E-state index in [0.717, 1.165) is 5.56 Å². The number of rotatable bonds is 7. The first-order valence-corrected chi connectivity index (χ1v) is 8.46. The predicted octanol–water partition coefficient (Wildman–Crippen LogP) is 2.88. The molecule has 0 aliphatic rings. The number of carbonyl (C=O) groups excluding carboxylic acids is 1. The molecule has 1 aromatic carbocycles. The van der Waals surface area contributed by atoms with Crippen LogP contribution in [-0.4, -0.2) is 41.7 Å². The molecule has 2 N–H and O–H groups in total. The molecule has 1 unspecified atom stereocenters. The molecule has 1 atom stereocenters. The van der Waals surface area contributed by atoms with Gasteiger partial charge in [0, 0.05) is 23.1 Å². The topological polar surface area (TPSA) is 88.5 Å². The van der Waals surface area contributed by atoms with Gasteiger partial charge in [-0.05, 0) is 18.2 Å². The van der Waals surface area contributed by atoms with E-state index in [9.17, 15) is 9.59 Å². The zero-order valence-corrected chi connectivity index (χ0v) is 14.9. The first-order valence-electron chi connectivity index (χ1n) is 6.83. The summed E-state index contributed by atoms with van der Waals surface area (Å²) in [7, 11) is 1.27. The summed E-state index contributed by atoms with van der Waals surface area (Å²) < 4.78 is 4.74. The number of benzene rings is 1. The van der Waals surface area contributed by atoms with Gasteiger partial charge in [-0.2, -0.15) is 0 Å². The average molecular weight is 389 g/mol. The Balaban J connectivity index is 1.98. The highest BCUT2D eigenvalue weighted by atomic mass is 35.5. The third-order valence-electron chi connectivity index (χ3n) is 3.10. The smallest absolute Gasteiger partial charge is 0.334 e. The molecule has 1 heterocycles. The summed E-state index contributed by atoms with van der Waals surface area (Å²) in [6.45, 7) is -0.106. The van der Waals surface area contributed by atoms with Crippen LogP contribution in [0.3, 0.4) is 0 Å². The monoisotopic (exact) mass is 388 g/mol. The molecule has 1 amide bonds. The van der Waals surface area contributed by atoms with E-state index >= 15 is 0 Å². The third kappa shape index (κ3) is 4.91. The van der Waals surface area contributed by atoms with Gasteiger partial charge in [0.1, 0.15) is 5.01 Å². The van der Waals surface area contributed by atoms with Gasteiger partial charge >= 0.3 is 5.97 Å². The largest absolute Gasteiger partial charge is 0.479 e. The van der Waals surface area contributed by atoms with Gasteiger partial charge in [0.25, 0.3) is 0 Å². The molecular weight excluding hydrogens is 375 g/mol. The number of nitrogens with one attached hydrogen (secondary N) is 1. The van der Waals surface area contributed by atoms with E-state index in [-0.39, 0.29) is 18.9 Å². The fourth-order valence-electron chi connectivity index (χ4n) is 1.88. The number of carboxylic acid groups (broad SMARTS) is 1. The number of hydrogen-bond acceptors (Lipinski definition) is 5. The second kappa shape index (κ2) is 8.43. The van der Waals surface area contributed by atoms with Crippen molar-refractivity contribution in [2.75, 3.05) is 13.7 Å². The number of thiazole rings is 1. The molecule has 24 heavy (non-hydrogen) atoms. The number of halogens is 2. The molecule has 9 heteroatoms. The summed E-state index contributed by atoms with van der Waals surface area (Å²) in [6.07, 6.45) is -1.04. The Morgan fingerprint density at radius 1 is 1.42 bits per heavy atom. The number of methoxy groups -OCH3 is 1. The van der Waals surface area contributed by atoms with Crippen molar-refractivity contribution in [3.63, 3.8) is 0 Å². The van der Waals surface area contributed by atoms with Crippen LogP contribution < -0.4 is 5.32 Å². The Hall–Kier alpha value is -1.67. The van der Waals surface area contributed by atoms with E-state index < -0.39 is 12.1 Å². The van der Waals surface area contributed by atoms with E-state index in [1.165, 1.54) is 18.4 Å². The zero-order valence-electron chi connectivity index (χ0n) is 12.6. The van der Waals surface area contributed by atoms with E-state index in [1.54, 1.807) is 23.6 Å². The van der Waals surface area contributed by atoms with Gasteiger partial charge in [-0.15, -0.1) is 11.3 Å². The maximum absolute atomic E-state index is 11.9. The van der Waals surface area contributed by atoms with Gasteiger partial charge in [0.15, 0.2) is 6.10 Å². The van der Waals surface area contributed by atoms with Crippen LogP contribution in [0.4, 0.5) is 0 Å². The summed E-state index contributed by atoms with van der Waals surface area (Å²) in [5, 5.41) is 14.8. The van der Waals surface area contributed by atoms with Crippen molar-refractivity contribution in [1.82, 2.24) is 10.3 Å². The second-order valence-electron chi connectivity index (χ2n) is 4.81. The highest BCUT2D eigenvalue weighted by molar-refractivity contribution is 7.13. The van der Waals surface area contributed by atoms with Crippen LogP contribution in [0.25, 0.3) is 10.6 Å². The minimum Gasteiger partial charge on any atom is -0.479 e. The van der Waals surface area contributed by atoms with Crippen molar-refractivity contribution >= 4 is 46.4 Å². The van der Waals surface area contributed by atoms with Crippen LogP contribution in [-0.2, 0) is 20.7 Å². The lowest BCUT2D eigenvalue weighted by Crippen LogP contribution is -2.38.